The van der Waals surface area contributed by atoms with Crippen molar-refractivity contribution in [2.75, 3.05) is 39.2 Å². The van der Waals surface area contributed by atoms with E-state index in [-0.39, 0.29) is 5.91 Å². The molecule has 1 heterocycles. The molecule has 1 aliphatic rings. The highest BCUT2D eigenvalue weighted by Gasteiger charge is 2.22. The molecule has 1 fully saturated rings. The van der Waals surface area contributed by atoms with Crippen LogP contribution in [0.15, 0.2) is 18.2 Å². The quantitative estimate of drug-likeness (QED) is 0.850. The van der Waals surface area contributed by atoms with Crippen molar-refractivity contribution < 1.29 is 19.2 Å². The van der Waals surface area contributed by atoms with E-state index in [1.165, 1.54) is 17.7 Å². The number of piperidine rings is 1. The molecule has 0 saturated carbocycles. The molecule has 0 radical (unpaired) electrons. The van der Waals surface area contributed by atoms with Gasteiger partial charge in [0.05, 0.1) is 33.0 Å². The van der Waals surface area contributed by atoms with Crippen LogP contribution in [0.4, 0.5) is 5.69 Å². The van der Waals surface area contributed by atoms with E-state index in [2.05, 4.69) is 12.2 Å². The van der Waals surface area contributed by atoms with E-state index < -0.39 is 0 Å². The minimum absolute atomic E-state index is 0.0191. The van der Waals surface area contributed by atoms with E-state index in [0.29, 0.717) is 29.6 Å². The molecular formula is C16H25N2O3+. The number of ether oxygens (including phenoxy) is 2. The van der Waals surface area contributed by atoms with Gasteiger partial charge in [0, 0.05) is 12.0 Å². The number of methoxy groups -OCH3 is 2. The Morgan fingerprint density at radius 1 is 1.38 bits per heavy atom. The first-order valence-electron chi connectivity index (χ1n) is 7.47. The first-order chi connectivity index (χ1) is 10.1. The molecule has 5 heteroatoms. The third kappa shape index (κ3) is 4.36. The first kappa shape index (κ1) is 15.6. The zero-order chi connectivity index (χ0) is 15.2. The third-order valence-electron chi connectivity index (χ3n) is 3.96. The van der Waals surface area contributed by atoms with Crippen LogP contribution in [0, 0.1) is 5.92 Å². The number of hydrogen-bond donors (Lipinski definition) is 2. The van der Waals surface area contributed by atoms with Gasteiger partial charge in [-0.15, -0.1) is 0 Å². The van der Waals surface area contributed by atoms with E-state index in [1.807, 2.05) is 6.07 Å². The van der Waals surface area contributed by atoms with Crippen LogP contribution in [0.5, 0.6) is 11.5 Å². The van der Waals surface area contributed by atoms with Crippen LogP contribution in [0.1, 0.15) is 19.8 Å². The highest BCUT2D eigenvalue weighted by molar-refractivity contribution is 5.93. The summed E-state index contributed by atoms with van der Waals surface area (Å²) in [5.41, 5.74) is 0.659. The molecule has 2 N–H and O–H groups in total. The van der Waals surface area contributed by atoms with Crippen molar-refractivity contribution in [3.8, 4) is 11.5 Å². The lowest BCUT2D eigenvalue weighted by Gasteiger charge is -2.27. The van der Waals surface area contributed by atoms with E-state index in [4.69, 9.17) is 9.47 Å². The summed E-state index contributed by atoms with van der Waals surface area (Å²) in [5.74, 6) is 2.06. The van der Waals surface area contributed by atoms with Gasteiger partial charge in [-0.05, 0) is 25.0 Å². The van der Waals surface area contributed by atoms with Gasteiger partial charge in [-0.1, -0.05) is 6.92 Å². The van der Waals surface area contributed by atoms with Gasteiger partial charge in [0.1, 0.15) is 11.5 Å². The lowest BCUT2D eigenvalue weighted by atomic mass is 10.0. The van der Waals surface area contributed by atoms with Crippen molar-refractivity contribution in [2.45, 2.75) is 19.8 Å². The number of amides is 1. The van der Waals surface area contributed by atoms with Gasteiger partial charge in [0.25, 0.3) is 5.91 Å². The van der Waals surface area contributed by atoms with Crippen molar-refractivity contribution in [1.29, 1.82) is 0 Å². The molecule has 2 rings (SSSR count). The molecule has 5 nitrogen and oxygen atoms in total. The van der Waals surface area contributed by atoms with Gasteiger partial charge in [0.2, 0.25) is 0 Å². The number of quaternary nitrogens is 1. The maximum atomic E-state index is 12.2. The van der Waals surface area contributed by atoms with E-state index >= 15 is 0 Å². The van der Waals surface area contributed by atoms with E-state index in [1.54, 1.807) is 26.4 Å². The highest BCUT2D eigenvalue weighted by Crippen LogP contribution is 2.28. The molecule has 0 bridgehead atoms. The summed E-state index contributed by atoms with van der Waals surface area (Å²) in [7, 11) is 3.20. The van der Waals surface area contributed by atoms with Crippen molar-refractivity contribution in [3.05, 3.63) is 18.2 Å². The molecule has 1 unspecified atom stereocenters. The molecule has 0 aliphatic carbocycles. The predicted molar refractivity (Wildman–Crippen MR) is 82.1 cm³/mol. The second-order valence-corrected chi connectivity index (χ2v) is 5.74. The SMILES string of the molecule is COc1ccc(OC)c(NC(=O)C[NH+]2CCC[C@H](C)C2)c1. The number of nitrogens with one attached hydrogen (secondary N) is 2. The van der Waals surface area contributed by atoms with Gasteiger partial charge < -0.3 is 19.7 Å². The fourth-order valence-corrected chi connectivity index (χ4v) is 2.89. The fraction of sp³-hybridized carbons (Fsp3) is 0.562. The van der Waals surface area contributed by atoms with Gasteiger partial charge in [-0.3, -0.25) is 4.79 Å². The number of carbonyl (C=O) groups excluding carboxylic acids is 1. The summed E-state index contributed by atoms with van der Waals surface area (Å²) in [6, 6.07) is 5.39. The second kappa shape index (κ2) is 7.31. The van der Waals surface area contributed by atoms with Gasteiger partial charge >= 0.3 is 0 Å². The number of carbonyl (C=O) groups is 1. The molecule has 1 aliphatic heterocycles. The zero-order valence-electron chi connectivity index (χ0n) is 13.1. The molecule has 0 aromatic heterocycles. The van der Waals surface area contributed by atoms with E-state index in [0.717, 1.165) is 13.1 Å². The Hall–Kier alpha value is -1.75. The average molecular weight is 293 g/mol. The molecule has 21 heavy (non-hydrogen) atoms. The molecule has 1 aromatic carbocycles. The normalized spacial score (nSPS) is 21.7. The lowest BCUT2D eigenvalue weighted by molar-refractivity contribution is -0.900. The molecule has 1 amide bonds. The largest absolute Gasteiger partial charge is 0.497 e. The minimum Gasteiger partial charge on any atom is -0.497 e. The van der Waals surface area contributed by atoms with Crippen LogP contribution in [0.2, 0.25) is 0 Å². The van der Waals surface area contributed by atoms with Crippen LogP contribution >= 0.6 is 0 Å². The van der Waals surface area contributed by atoms with Gasteiger partial charge in [-0.25, -0.2) is 0 Å². The Morgan fingerprint density at radius 3 is 2.86 bits per heavy atom. The predicted octanol–water partition coefficient (Wildman–Crippen LogP) is 0.957. The zero-order valence-corrected chi connectivity index (χ0v) is 13.1. The summed E-state index contributed by atoms with van der Waals surface area (Å²) >= 11 is 0. The van der Waals surface area contributed by atoms with Crippen molar-refractivity contribution in [3.63, 3.8) is 0 Å². The standard InChI is InChI=1S/C16H24N2O3/c1-12-5-4-8-18(10-12)11-16(19)17-14-9-13(20-2)6-7-15(14)21-3/h6-7,9,12H,4-5,8,10-11H2,1-3H3,(H,17,19)/p+1/t12-/m0/s1. The molecule has 116 valence electrons. The summed E-state index contributed by atoms with van der Waals surface area (Å²) < 4.78 is 10.5. The topological polar surface area (TPSA) is 52.0 Å². The lowest BCUT2D eigenvalue weighted by Crippen LogP contribution is -3.14. The highest BCUT2D eigenvalue weighted by atomic mass is 16.5. The fourth-order valence-electron chi connectivity index (χ4n) is 2.89. The summed E-state index contributed by atoms with van der Waals surface area (Å²) in [6.45, 7) is 4.91. The van der Waals surface area contributed by atoms with Crippen molar-refractivity contribution >= 4 is 11.6 Å². The second-order valence-electron chi connectivity index (χ2n) is 5.74. The van der Waals surface area contributed by atoms with Crippen molar-refractivity contribution in [2.24, 2.45) is 5.92 Å². The number of hydrogen-bond acceptors (Lipinski definition) is 3. The van der Waals surface area contributed by atoms with Crippen LogP contribution < -0.4 is 19.7 Å². The average Bonchev–Trinajstić information content (AvgIpc) is 2.47. The summed E-state index contributed by atoms with van der Waals surface area (Å²) in [5, 5.41) is 2.93. The third-order valence-corrected chi connectivity index (χ3v) is 3.96. The Kier molecular flexibility index (Phi) is 5.44. The van der Waals surface area contributed by atoms with Gasteiger partial charge in [0.15, 0.2) is 6.54 Å². The van der Waals surface area contributed by atoms with Crippen LogP contribution in [-0.2, 0) is 4.79 Å². The maximum absolute atomic E-state index is 12.2. The Balaban J connectivity index is 1.98. The molecule has 1 aromatic rings. The van der Waals surface area contributed by atoms with Gasteiger partial charge in [-0.2, -0.15) is 0 Å². The molecule has 1 saturated heterocycles. The number of likely N-dealkylation sites (tertiary alicyclic amines) is 1. The van der Waals surface area contributed by atoms with E-state index in [9.17, 15) is 4.79 Å². The van der Waals surface area contributed by atoms with Crippen LogP contribution in [0.25, 0.3) is 0 Å². The number of anilines is 1. The molecule has 2 atom stereocenters. The Labute approximate surface area is 126 Å². The van der Waals surface area contributed by atoms with Crippen LogP contribution in [-0.4, -0.2) is 39.8 Å². The number of benzene rings is 1. The minimum atomic E-state index is 0.0191. The number of rotatable bonds is 5. The van der Waals surface area contributed by atoms with Crippen LogP contribution in [0.3, 0.4) is 0 Å². The smallest absolute Gasteiger partial charge is 0.279 e. The first-order valence-corrected chi connectivity index (χ1v) is 7.47. The summed E-state index contributed by atoms with van der Waals surface area (Å²) in [6.07, 6.45) is 2.47. The molecule has 0 spiro atoms. The molecular weight excluding hydrogens is 268 g/mol. The summed E-state index contributed by atoms with van der Waals surface area (Å²) in [4.78, 5) is 13.6. The Morgan fingerprint density at radius 2 is 2.19 bits per heavy atom. The van der Waals surface area contributed by atoms with Crippen molar-refractivity contribution in [1.82, 2.24) is 0 Å². The monoisotopic (exact) mass is 293 g/mol. The maximum Gasteiger partial charge on any atom is 0.279 e. The Bertz CT molecular complexity index is 490.